The molecule has 1 saturated heterocycles. The Hall–Kier alpha value is -1.23. The van der Waals surface area contributed by atoms with Gasteiger partial charge in [0.15, 0.2) is 6.29 Å². The molecule has 1 aliphatic heterocycles. The number of carbonyl (C=O) groups is 1. The molecule has 0 radical (unpaired) electrons. The summed E-state index contributed by atoms with van der Waals surface area (Å²) in [5.74, 6) is 0.247. The Kier molecular flexibility index (Phi) is 3.33. The van der Waals surface area contributed by atoms with Crippen LogP contribution in [0.25, 0.3) is 0 Å². The molecule has 1 aromatic heterocycles. The maximum absolute atomic E-state index is 10.8. The van der Waals surface area contributed by atoms with Crippen LogP contribution in [0.1, 0.15) is 48.8 Å². The predicted molar refractivity (Wildman–Crippen MR) is 58.5 cm³/mol. The van der Waals surface area contributed by atoms with E-state index >= 15 is 0 Å². The summed E-state index contributed by atoms with van der Waals surface area (Å²) in [6.07, 6.45) is 3.16. The number of hydrogen-bond acceptors (Lipinski definition) is 4. The average Bonchev–Trinajstić information content (AvgIpc) is 2.87. The number of nitrogens with zero attached hydrogens (tertiary/aromatic N) is 3. The van der Waals surface area contributed by atoms with Crippen LogP contribution in [0.4, 0.5) is 0 Å². The molecule has 0 spiro atoms. The fraction of sp³-hybridized carbons (Fsp3) is 0.727. The van der Waals surface area contributed by atoms with Crippen LogP contribution in [0.5, 0.6) is 0 Å². The van der Waals surface area contributed by atoms with Crippen molar-refractivity contribution < 1.29 is 9.53 Å². The van der Waals surface area contributed by atoms with Crippen molar-refractivity contribution in [1.29, 1.82) is 0 Å². The third kappa shape index (κ3) is 2.14. The Morgan fingerprint density at radius 3 is 3.00 bits per heavy atom. The highest BCUT2D eigenvalue weighted by Gasteiger charge is 2.21. The van der Waals surface area contributed by atoms with Gasteiger partial charge >= 0.3 is 0 Å². The second-order valence-corrected chi connectivity index (χ2v) is 4.45. The lowest BCUT2D eigenvalue weighted by atomic mass is 10.1. The minimum absolute atomic E-state index is 0.221. The van der Waals surface area contributed by atoms with E-state index in [1.54, 1.807) is 0 Å². The van der Waals surface area contributed by atoms with Gasteiger partial charge in [0, 0.05) is 6.61 Å². The van der Waals surface area contributed by atoms with Gasteiger partial charge in [0.25, 0.3) is 0 Å². The number of aldehydes is 1. The number of ether oxygens (including phenoxy) is 1. The molecular formula is C11H17N3O2. The zero-order valence-corrected chi connectivity index (χ0v) is 9.72. The maximum Gasteiger partial charge on any atom is 0.172 e. The fourth-order valence-electron chi connectivity index (χ4n) is 2.13. The molecule has 5 nitrogen and oxygen atoms in total. The molecule has 1 aromatic rings. The zero-order valence-electron chi connectivity index (χ0n) is 9.72. The molecule has 1 fully saturated rings. The lowest BCUT2D eigenvalue weighted by Gasteiger charge is -2.13. The van der Waals surface area contributed by atoms with E-state index in [4.69, 9.17) is 4.74 Å². The van der Waals surface area contributed by atoms with Crippen LogP contribution in [-0.4, -0.2) is 34.0 Å². The summed E-state index contributed by atoms with van der Waals surface area (Å²) in [4.78, 5) is 10.8. The van der Waals surface area contributed by atoms with Gasteiger partial charge in [-0.2, -0.15) is 0 Å². The summed E-state index contributed by atoms with van der Waals surface area (Å²) in [6, 6.07) is 0. The van der Waals surface area contributed by atoms with E-state index in [9.17, 15) is 4.79 Å². The van der Waals surface area contributed by atoms with Crippen LogP contribution < -0.4 is 0 Å². The Balaban J connectivity index is 2.19. The highest BCUT2D eigenvalue weighted by molar-refractivity contribution is 5.73. The minimum atomic E-state index is 0.221. The van der Waals surface area contributed by atoms with Crippen molar-refractivity contribution in [2.75, 3.05) is 6.61 Å². The summed E-state index contributed by atoms with van der Waals surface area (Å²) in [5.41, 5.74) is 1.36. The summed E-state index contributed by atoms with van der Waals surface area (Å²) < 4.78 is 7.37. The fourth-order valence-corrected chi connectivity index (χ4v) is 2.13. The van der Waals surface area contributed by atoms with Crippen LogP contribution in [-0.2, 0) is 11.3 Å². The van der Waals surface area contributed by atoms with E-state index < -0.39 is 0 Å². The Bertz CT molecular complexity index is 367. The van der Waals surface area contributed by atoms with Gasteiger partial charge in [0.1, 0.15) is 5.69 Å². The normalized spacial score (nSPS) is 20.6. The SMILES string of the molecule is CC(C)c1c(C=O)nnn1CC1CCCO1. The van der Waals surface area contributed by atoms with Crippen molar-refractivity contribution in [3.05, 3.63) is 11.4 Å². The van der Waals surface area contributed by atoms with Crippen molar-refractivity contribution in [2.24, 2.45) is 0 Å². The quantitative estimate of drug-likeness (QED) is 0.724. The van der Waals surface area contributed by atoms with Crippen molar-refractivity contribution in [3.63, 3.8) is 0 Å². The molecule has 0 aliphatic carbocycles. The molecule has 2 rings (SSSR count). The molecule has 1 unspecified atom stereocenters. The lowest BCUT2D eigenvalue weighted by molar-refractivity contribution is 0.0924. The van der Waals surface area contributed by atoms with Gasteiger partial charge < -0.3 is 4.74 Å². The lowest BCUT2D eigenvalue weighted by Crippen LogP contribution is -2.18. The van der Waals surface area contributed by atoms with Crippen LogP contribution in [0, 0.1) is 0 Å². The summed E-state index contributed by atoms with van der Waals surface area (Å²) >= 11 is 0. The molecular weight excluding hydrogens is 206 g/mol. The molecule has 2 heterocycles. The van der Waals surface area contributed by atoms with E-state index in [-0.39, 0.29) is 12.0 Å². The molecule has 5 heteroatoms. The van der Waals surface area contributed by atoms with Gasteiger partial charge in [-0.15, -0.1) is 5.10 Å². The number of carbonyl (C=O) groups excluding carboxylic acids is 1. The first-order chi connectivity index (χ1) is 7.72. The number of rotatable bonds is 4. The molecule has 88 valence electrons. The molecule has 0 amide bonds. The van der Waals surface area contributed by atoms with Gasteiger partial charge in [-0.1, -0.05) is 19.1 Å². The van der Waals surface area contributed by atoms with E-state index in [1.807, 2.05) is 18.5 Å². The largest absolute Gasteiger partial charge is 0.376 e. The van der Waals surface area contributed by atoms with Gasteiger partial charge in [0.2, 0.25) is 0 Å². The molecule has 0 N–H and O–H groups in total. The monoisotopic (exact) mass is 223 g/mol. The summed E-state index contributed by atoms with van der Waals surface area (Å²) in [6.45, 7) is 5.61. The smallest absolute Gasteiger partial charge is 0.172 e. The highest BCUT2D eigenvalue weighted by atomic mass is 16.5. The molecule has 16 heavy (non-hydrogen) atoms. The van der Waals surface area contributed by atoms with Crippen molar-refractivity contribution in [3.8, 4) is 0 Å². The zero-order chi connectivity index (χ0) is 11.5. The van der Waals surface area contributed by atoms with Crippen molar-refractivity contribution >= 4 is 6.29 Å². The molecule has 0 aromatic carbocycles. The number of hydrogen-bond donors (Lipinski definition) is 0. The first kappa shape index (κ1) is 11.3. The molecule has 1 aliphatic rings. The predicted octanol–water partition coefficient (Wildman–Crippen LogP) is 1.39. The Morgan fingerprint density at radius 1 is 1.62 bits per heavy atom. The van der Waals surface area contributed by atoms with Crippen LogP contribution in [0.2, 0.25) is 0 Å². The van der Waals surface area contributed by atoms with Gasteiger partial charge in [-0.3, -0.25) is 4.79 Å². The number of aromatic nitrogens is 3. The second kappa shape index (κ2) is 4.74. The average molecular weight is 223 g/mol. The van der Waals surface area contributed by atoms with Crippen molar-refractivity contribution in [1.82, 2.24) is 15.0 Å². The first-order valence-electron chi connectivity index (χ1n) is 5.72. The van der Waals surface area contributed by atoms with E-state index in [0.29, 0.717) is 12.2 Å². The van der Waals surface area contributed by atoms with Gasteiger partial charge in [-0.05, 0) is 18.8 Å². The molecule has 0 bridgehead atoms. The Morgan fingerprint density at radius 2 is 2.44 bits per heavy atom. The molecule has 0 saturated carbocycles. The van der Waals surface area contributed by atoms with Crippen LogP contribution in [0.15, 0.2) is 0 Å². The summed E-state index contributed by atoms with van der Waals surface area (Å²) in [7, 11) is 0. The van der Waals surface area contributed by atoms with Crippen molar-refractivity contribution in [2.45, 2.75) is 45.3 Å². The van der Waals surface area contributed by atoms with Crippen LogP contribution >= 0.6 is 0 Å². The first-order valence-corrected chi connectivity index (χ1v) is 5.72. The van der Waals surface area contributed by atoms with E-state index in [1.165, 1.54) is 0 Å². The molecule has 1 atom stereocenters. The topological polar surface area (TPSA) is 57.0 Å². The third-order valence-electron chi connectivity index (χ3n) is 2.86. The van der Waals surface area contributed by atoms with E-state index in [0.717, 1.165) is 31.4 Å². The van der Waals surface area contributed by atoms with Gasteiger partial charge in [0.05, 0.1) is 18.3 Å². The third-order valence-corrected chi connectivity index (χ3v) is 2.86. The Labute approximate surface area is 94.8 Å². The van der Waals surface area contributed by atoms with Gasteiger partial charge in [-0.25, -0.2) is 4.68 Å². The van der Waals surface area contributed by atoms with Crippen LogP contribution in [0.3, 0.4) is 0 Å². The minimum Gasteiger partial charge on any atom is -0.376 e. The van der Waals surface area contributed by atoms with E-state index in [2.05, 4.69) is 10.3 Å². The maximum atomic E-state index is 10.8. The standard InChI is InChI=1S/C11H17N3O2/c1-8(2)11-10(7-15)12-13-14(11)6-9-4-3-5-16-9/h7-9H,3-6H2,1-2H3. The second-order valence-electron chi connectivity index (χ2n) is 4.45. The highest BCUT2D eigenvalue weighted by Crippen LogP contribution is 2.19. The summed E-state index contributed by atoms with van der Waals surface area (Å²) in [5, 5.41) is 7.91.